The zero-order valence-corrected chi connectivity index (χ0v) is 27.0. The maximum absolute atomic E-state index is 14.1. The molecule has 4 N–H and O–H groups in total. The highest BCUT2D eigenvalue weighted by atomic mass is 16.5. The molecule has 4 aromatic rings. The van der Waals surface area contributed by atoms with Crippen LogP contribution in [0.5, 0.6) is 0 Å². The molecule has 10 heteroatoms. The van der Waals surface area contributed by atoms with Crippen LogP contribution in [-0.2, 0) is 32.1 Å². The summed E-state index contributed by atoms with van der Waals surface area (Å²) in [6.07, 6.45) is 6.08. The van der Waals surface area contributed by atoms with E-state index in [1.807, 2.05) is 71.6 Å². The fourth-order valence-electron chi connectivity index (χ4n) is 5.71. The number of amides is 3. The number of nitrogens with one attached hydrogen (secondary N) is 2. The van der Waals surface area contributed by atoms with E-state index in [2.05, 4.69) is 39.9 Å². The summed E-state index contributed by atoms with van der Waals surface area (Å²) in [7, 11) is 0. The second kappa shape index (κ2) is 15.7. The van der Waals surface area contributed by atoms with Gasteiger partial charge in [0.15, 0.2) is 5.82 Å². The van der Waals surface area contributed by atoms with E-state index < -0.39 is 29.4 Å². The van der Waals surface area contributed by atoms with Crippen LogP contribution in [0.3, 0.4) is 0 Å². The number of carbonyl (C=O) groups is 3. The van der Waals surface area contributed by atoms with Crippen molar-refractivity contribution in [2.45, 2.75) is 57.3 Å². The Morgan fingerprint density at radius 2 is 1.51 bits per heavy atom. The van der Waals surface area contributed by atoms with Crippen molar-refractivity contribution in [3.05, 3.63) is 120 Å². The van der Waals surface area contributed by atoms with Crippen molar-refractivity contribution in [3.8, 4) is 0 Å². The molecule has 0 saturated carbocycles. The number of benzene rings is 3. The molecule has 1 aliphatic rings. The van der Waals surface area contributed by atoms with E-state index in [0.717, 1.165) is 30.4 Å². The average molecular weight is 637 g/mol. The molecule has 5 rings (SSSR count). The van der Waals surface area contributed by atoms with Crippen LogP contribution in [0.2, 0.25) is 0 Å². The second-order valence-electron chi connectivity index (χ2n) is 12.7. The molecule has 0 radical (unpaired) electrons. The van der Waals surface area contributed by atoms with E-state index in [0.29, 0.717) is 19.0 Å². The van der Waals surface area contributed by atoms with E-state index in [9.17, 15) is 14.4 Å². The molecule has 1 saturated heterocycles. The van der Waals surface area contributed by atoms with Crippen molar-refractivity contribution in [2.24, 2.45) is 11.7 Å². The minimum atomic E-state index is -1.20. The molecule has 1 aromatic heterocycles. The molecule has 2 heterocycles. The SMILES string of the molecule is CC(C)(N)C(=O)N[C@H](COCc1ccccc1)C(=O)Nc1cn(C(C(=O)N2CCC(Cc3ccccc3)CC2)c2ccccc2)cn1. The third-order valence-electron chi connectivity index (χ3n) is 8.40. The predicted octanol–water partition coefficient (Wildman–Crippen LogP) is 4.33. The second-order valence-corrected chi connectivity index (χ2v) is 12.7. The summed E-state index contributed by atoms with van der Waals surface area (Å²) in [6, 6.07) is 27.9. The number of anilines is 1. The van der Waals surface area contributed by atoms with Crippen LogP contribution in [0.25, 0.3) is 0 Å². The zero-order valence-electron chi connectivity index (χ0n) is 27.0. The molecular formula is C37H44N6O4. The molecule has 3 aromatic carbocycles. The van der Waals surface area contributed by atoms with Crippen LogP contribution >= 0.6 is 0 Å². The fraction of sp³-hybridized carbons (Fsp3) is 0.351. The summed E-state index contributed by atoms with van der Waals surface area (Å²) in [6.45, 7) is 4.69. The number of nitrogens with two attached hydrogens (primary N) is 1. The number of rotatable bonds is 13. The first kappa shape index (κ1) is 33.6. The number of carbonyl (C=O) groups excluding carboxylic acids is 3. The molecule has 0 aliphatic carbocycles. The third kappa shape index (κ3) is 9.37. The summed E-state index contributed by atoms with van der Waals surface area (Å²) < 4.78 is 7.53. The van der Waals surface area contributed by atoms with E-state index in [1.54, 1.807) is 30.9 Å². The van der Waals surface area contributed by atoms with Gasteiger partial charge < -0.3 is 30.6 Å². The number of imidazole rings is 1. The van der Waals surface area contributed by atoms with Gasteiger partial charge in [0.1, 0.15) is 12.1 Å². The first-order chi connectivity index (χ1) is 22.7. The van der Waals surface area contributed by atoms with Gasteiger partial charge in [-0.15, -0.1) is 0 Å². The molecular weight excluding hydrogens is 592 g/mol. The molecule has 1 unspecified atom stereocenters. The largest absolute Gasteiger partial charge is 0.374 e. The van der Waals surface area contributed by atoms with Crippen molar-refractivity contribution in [1.82, 2.24) is 19.8 Å². The monoisotopic (exact) mass is 636 g/mol. The predicted molar refractivity (Wildman–Crippen MR) is 181 cm³/mol. The summed E-state index contributed by atoms with van der Waals surface area (Å²) >= 11 is 0. The Morgan fingerprint density at radius 3 is 2.13 bits per heavy atom. The molecule has 0 bridgehead atoms. The van der Waals surface area contributed by atoms with Crippen LogP contribution in [0.1, 0.15) is 49.4 Å². The Kier molecular flexibility index (Phi) is 11.2. The molecule has 246 valence electrons. The Hall–Kier alpha value is -4.80. The van der Waals surface area contributed by atoms with Gasteiger partial charge in [-0.05, 0) is 55.7 Å². The van der Waals surface area contributed by atoms with Gasteiger partial charge in [0.05, 0.1) is 25.1 Å². The highest BCUT2D eigenvalue weighted by Gasteiger charge is 2.32. The Bertz CT molecular complexity index is 1600. The Labute approximate surface area is 276 Å². The molecule has 10 nitrogen and oxygen atoms in total. The van der Waals surface area contributed by atoms with Gasteiger partial charge in [-0.25, -0.2) is 4.98 Å². The molecule has 1 aliphatic heterocycles. The summed E-state index contributed by atoms with van der Waals surface area (Å²) in [4.78, 5) is 46.6. The highest BCUT2D eigenvalue weighted by molar-refractivity contribution is 5.98. The summed E-state index contributed by atoms with van der Waals surface area (Å²) in [5.74, 6) is -0.242. The van der Waals surface area contributed by atoms with Gasteiger partial charge in [0.25, 0.3) is 5.91 Å². The Morgan fingerprint density at radius 1 is 0.915 bits per heavy atom. The minimum Gasteiger partial charge on any atom is -0.374 e. The van der Waals surface area contributed by atoms with Crippen molar-refractivity contribution < 1.29 is 19.1 Å². The first-order valence-electron chi connectivity index (χ1n) is 16.1. The number of hydrogen-bond donors (Lipinski definition) is 3. The van der Waals surface area contributed by atoms with E-state index >= 15 is 0 Å². The normalized spacial score (nSPS) is 15.1. The standard InChI is InChI=1S/C37H44N6O4/c1-37(2,38)36(46)40-31(25-47-24-29-14-8-4-9-15-29)34(44)41-32-23-43(26-39-32)33(30-16-10-5-11-17-30)35(45)42-20-18-28(19-21-42)22-27-12-6-3-7-13-27/h3-17,23,26,28,31,33H,18-22,24-25,38H2,1-2H3,(H,40,46)(H,41,44)/t31-,33?/m1/s1. The van der Waals surface area contributed by atoms with Crippen LogP contribution in [0, 0.1) is 5.92 Å². The quantitative estimate of drug-likeness (QED) is 0.200. The molecule has 0 spiro atoms. The lowest BCUT2D eigenvalue weighted by Crippen LogP contribution is -2.56. The lowest BCUT2D eigenvalue weighted by atomic mass is 9.89. The third-order valence-corrected chi connectivity index (χ3v) is 8.40. The minimum absolute atomic E-state index is 0.0192. The number of piperidine rings is 1. The van der Waals surface area contributed by atoms with Crippen LogP contribution in [0.15, 0.2) is 104 Å². The number of hydrogen-bond acceptors (Lipinski definition) is 6. The lowest BCUT2D eigenvalue weighted by molar-refractivity contribution is -0.135. The van der Waals surface area contributed by atoms with Gasteiger partial charge in [-0.3, -0.25) is 14.4 Å². The molecule has 1 fully saturated rings. The molecule has 3 amide bonds. The van der Waals surface area contributed by atoms with Gasteiger partial charge >= 0.3 is 0 Å². The number of likely N-dealkylation sites (tertiary alicyclic amines) is 1. The van der Waals surface area contributed by atoms with Gasteiger partial charge in [-0.2, -0.15) is 0 Å². The summed E-state index contributed by atoms with van der Waals surface area (Å²) in [5, 5.41) is 5.49. The smallest absolute Gasteiger partial charge is 0.250 e. The number of nitrogens with zero attached hydrogens (tertiary/aromatic N) is 3. The van der Waals surface area contributed by atoms with Crippen molar-refractivity contribution in [3.63, 3.8) is 0 Å². The zero-order chi connectivity index (χ0) is 33.2. The van der Waals surface area contributed by atoms with E-state index in [4.69, 9.17) is 10.5 Å². The van der Waals surface area contributed by atoms with Crippen LogP contribution < -0.4 is 16.4 Å². The summed E-state index contributed by atoms with van der Waals surface area (Å²) in [5.41, 5.74) is 7.88. The highest BCUT2D eigenvalue weighted by Crippen LogP contribution is 2.27. The van der Waals surface area contributed by atoms with Crippen molar-refractivity contribution >= 4 is 23.5 Å². The lowest BCUT2D eigenvalue weighted by Gasteiger charge is -2.34. The van der Waals surface area contributed by atoms with E-state index in [-0.39, 0.29) is 24.9 Å². The Balaban J connectivity index is 1.27. The van der Waals surface area contributed by atoms with Gasteiger partial charge in [-0.1, -0.05) is 91.0 Å². The average Bonchev–Trinajstić information content (AvgIpc) is 3.53. The fourth-order valence-corrected chi connectivity index (χ4v) is 5.71. The van der Waals surface area contributed by atoms with Gasteiger partial charge in [0, 0.05) is 19.3 Å². The maximum atomic E-state index is 14.1. The maximum Gasteiger partial charge on any atom is 0.250 e. The van der Waals surface area contributed by atoms with Crippen LogP contribution in [-0.4, -0.2) is 63.4 Å². The topological polar surface area (TPSA) is 132 Å². The molecule has 47 heavy (non-hydrogen) atoms. The van der Waals surface area contributed by atoms with Crippen molar-refractivity contribution in [2.75, 3.05) is 25.0 Å². The van der Waals surface area contributed by atoms with E-state index in [1.165, 1.54) is 5.56 Å². The number of aromatic nitrogens is 2. The number of ether oxygens (including phenoxy) is 1. The van der Waals surface area contributed by atoms with Crippen molar-refractivity contribution in [1.29, 1.82) is 0 Å². The van der Waals surface area contributed by atoms with Gasteiger partial charge in [0.2, 0.25) is 11.8 Å². The molecule has 2 atom stereocenters. The first-order valence-corrected chi connectivity index (χ1v) is 16.1. The van der Waals surface area contributed by atoms with Crippen LogP contribution in [0.4, 0.5) is 5.82 Å².